The minimum Gasteiger partial charge on any atom is -0.447 e. The van der Waals surface area contributed by atoms with Gasteiger partial charge in [-0.15, -0.1) is 10.2 Å². The van der Waals surface area contributed by atoms with Crippen molar-refractivity contribution in [2.75, 3.05) is 11.2 Å². The number of anilines is 1. The molecule has 8 heteroatoms. The van der Waals surface area contributed by atoms with Crippen LogP contribution in [0.4, 0.5) is 5.69 Å². The van der Waals surface area contributed by atoms with Crippen molar-refractivity contribution in [3.8, 4) is 17.1 Å². The predicted molar refractivity (Wildman–Crippen MR) is 118 cm³/mol. The predicted octanol–water partition coefficient (Wildman–Crippen LogP) is 5.06. The molecule has 0 aliphatic carbocycles. The molecule has 148 valence electrons. The Labute approximate surface area is 181 Å². The van der Waals surface area contributed by atoms with Gasteiger partial charge in [0.05, 0.1) is 5.69 Å². The summed E-state index contributed by atoms with van der Waals surface area (Å²) >= 11 is 2.94. The van der Waals surface area contributed by atoms with E-state index in [1.807, 2.05) is 65.5 Å². The lowest BCUT2D eigenvalue weighted by Gasteiger charge is -2.30. The number of amides is 1. The van der Waals surface area contributed by atoms with E-state index < -0.39 is 6.23 Å². The zero-order valence-corrected chi connectivity index (χ0v) is 17.6. The number of ether oxygens (including phenoxy) is 1. The van der Waals surface area contributed by atoms with Gasteiger partial charge in [0.25, 0.3) is 5.91 Å². The van der Waals surface area contributed by atoms with Gasteiger partial charge in [-0.1, -0.05) is 48.2 Å². The molecule has 0 spiro atoms. The van der Waals surface area contributed by atoms with Crippen molar-refractivity contribution in [3.63, 3.8) is 0 Å². The van der Waals surface area contributed by atoms with E-state index in [1.165, 1.54) is 11.8 Å². The third-order valence-corrected chi connectivity index (χ3v) is 6.00. The summed E-state index contributed by atoms with van der Waals surface area (Å²) < 4.78 is 6.37. The van der Waals surface area contributed by atoms with Crippen LogP contribution in [0.25, 0.3) is 11.3 Å². The topological polar surface area (TPSA) is 68.2 Å². The number of hydrogen-bond donors (Lipinski definition) is 0. The Morgan fingerprint density at radius 3 is 2.63 bits per heavy atom. The summed E-state index contributed by atoms with van der Waals surface area (Å²) in [6.45, 7) is 0. The van der Waals surface area contributed by atoms with Crippen molar-refractivity contribution in [1.82, 2.24) is 15.2 Å². The number of aromatic nitrogens is 3. The summed E-state index contributed by atoms with van der Waals surface area (Å²) in [6.07, 6.45) is 1.20. The summed E-state index contributed by atoms with van der Waals surface area (Å²) in [5.41, 5.74) is 3.42. The van der Waals surface area contributed by atoms with Crippen LogP contribution in [0.3, 0.4) is 0 Å². The molecule has 0 fully saturated rings. The maximum atomic E-state index is 13.7. The Balaban J connectivity index is 1.75. The summed E-state index contributed by atoms with van der Waals surface area (Å²) in [5, 5.41) is 13.0. The molecule has 1 amide bonds. The normalized spacial score (nSPS) is 15.0. The fourth-order valence-electron chi connectivity index (χ4n) is 3.37. The first-order valence-electron chi connectivity index (χ1n) is 9.21. The third-order valence-electron chi connectivity index (χ3n) is 4.76. The summed E-state index contributed by atoms with van der Waals surface area (Å²) in [5.74, 6) is 0.200. The number of para-hydroxylation sites is 1. The zero-order chi connectivity index (χ0) is 20.5. The van der Waals surface area contributed by atoms with Crippen LogP contribution >= 0.6 is 23.1 Å². The largest absolute Gasteiger partial charge is 0.447 e. The zero-order valence-electron chi connectivity index (χ0n) is 15.9. The van der Waals surface area contributed by atoms with Gasteiger partial charge in [-0.3, -0.25) is 9.69 Å². The summed E-state index contributed by atoms with van der Waals surface area (Å²) in [6, 6.07) is 18.8. The fraction of sp³-hybridized carbons (Fsp3) is 0.0909. The van der Waals surface area contributed by atoms with Gasteiger partial charge in [0.1, 0.15) is 0 Å². The van der Waals surface area contributed by atoms with Gasteiger partial charge in [0.15, 0.2) is 5.69 Å². The van der Waals surface area contributed by atoms with Crippen LogP contribution in [-0.4, -0.2) is 27.3 Å². The van der Waals surface area contributed by atoms with E-state index in [9.17, 15) is 4.79 Å². The average Bonchev–Trinajstić information content (AvgIpc) is 3.29. The van der Waals surface area contributed by atoms with E-state index in [1.54, 1.807) is 28.4 Å². The first-order chi connectivity index (χ1) is 14.8. The van der Waals surface area contributed by atoms with E-state index in [-0.39, 0.29) is 5.91 Å². The van der Waals surface area contributed by atoms with Crippen molar-refractivity contribution in [2.45, 2.75) is 11.4 Å². The van der Waals surface area contributed by atoms with Crippen LogP contribution in [0.5, 0.6) is 5.88 Å². The van der Waals surface area contributed by atoms with Crippen molar-refractivity contribution in [1.29, 1.82) is 0 Å². The summed E-state index contributed by atoms with van der Waals surface area (Å²) in [7, 11) is 0. The number of fused-ring (bicyclic) bond motifs is 3. The van der Waals surface area contributed by atoms with Crippen LogP contribution in [0.15, 0.2) is 76.6 Å². The third kappa shape index (κ3) is 3.24. The van der Waals surface area contributed by atoms with Gasteiger partial charge in [-0.2, -0.15) is 16.3 Å². The molecule has 30 heavy (non-hydrogen) atoms. The molecule has 1 atom stereocenters. The second kappa shape index (κ2) is 7.89. The Bertz CT molecular complexity index is 1200. The molecule has 0 bridgehead atoms. The number of thioether (sulfide) groups is 1. The molecule has 3 heterocycles. The van der Waals surface area contributed by atoms with Crippen LogP contribution in [-0.2, 0) is 0 Å². The monoisotopic (exact) mass is 432 g/mol. The van der Waals surface area contributed by atoms with Gasteiger partial charge in [0.2, 0.25) is 17.3 Å². The number of nitrogens with zero attached hydrogens (tertiary/aromatic N) is 4. The molecule has 0 saturated carbocycles. The molecular formula is C22H16N4O2S2. The molecule has 2 aromatic carbocycles. The minimum absolute atomic E-state index is 0.162. The highest BCUT2D eigenvalue weighted by atomic mass is 32.2. The van der Waals surface area contributed by atoms with Crippen molar-refractivity contribution in [2.24, 2.45) is 0 Å². The standard InChI is InChI=1S/C22H16N4O2S2/c1-29-22-23-19-18(24-25-22)16-9-5-6-10-17(16)26(20(27)14-7-3-2-4-8-14)21(28-19)15-11-12-30-13-15/h2-13,21H,1H3. The number of hydrogen-bond acceptors (Lipinski definition) is 7. The first kappa shape index (κ1) is 18.8. The molecule has 4 aromatic rings. The lowest BCUT2D eigenvalue weighted by atomic mass is 10.1. The van der Waals surface area contributed by atoms with Crippen molar-refractivity contribution in [3.05, 3.63) is 82.6 Å². The van der Waals surface area contributed by atoms with Gasteiger partial charge >= 0.3 is 0 Å². The SMILES string of the molecule is CSc1nnc2c(n1)OC(c1ccsc1)N(C(=O)c1ccccc1)c1ccccc1-2. The Hall–Kier alpha value is -3.23. The molecule has 1 aliphatic heterocycles. The molecule has 1 aliphatic rings. The second-order valence-electron chi connectivity index (χ2n) is 6.54. The highest BCUT2D eigenvalue weighted by molar-refractivity contribution is 7.98. The number of thiophene rings is 1. The first-order valence-corrected chi connectivity index (χ1v) is 11.4. The molecule has 6 nitrogen and oxygen atoms in total. The highest BCUT2D eigenvalue weighted by Crippen LogP contribution is 2.44. The quantitative estimate of drug-likeness (QED) is 0.422. The number of rotatable bonds is 3. The minimum atomic E-state index is -0.683. The Kier molecular flexibility index (Phi) is 4.94. The van der Waals surface area contributed by atoms with Crippen LogP contribution in [0.2, 0.25) is 0 Å². The molecule has 0 radical (unpaired) electrons. The van der Waals surface area contributed by atoms with Gasteiger partial charge in [-0.25, -0.2) is 0 Å². The van der Waals surface area contributed by atoms with Gasteiger partial charge in [-0.05, 0) is 41.3 Å². The molecule has 2 aromatic heterocycles. The Morgan fingerprint density at radius 1 is 1.07 bits per heavy atom. The van der Waals surface area contributed by atoms with Crippen LogP contribution in [0, 0.1) is 0 Å². The fourth-order valence-corrected chi connectivity index (χ4v) is 4.34. The maximum Gasteiger partial charge on any atom is 0.261 e. The number of carbonyl (C=O) groups is 1. The molecular weight excluding hydrogens is 416 g/mol. The lowest BCUT2D eigenvalue weighted by molar-refractivity contribution is 0.0910. The molecule has 5 rings (SSSR count). The number of carbonyl (C=O) groups excluding carboxylic acids is 1. The van der Waals surface area contributed by atoms with E-state index >= 15 is 0 Å². The maximum absolute atomic E-state index is 13.7. The molecule has 0 saturated heterocycles. The van der Waals surface area contributed by atoms with Gasteiger partial charge < -0.3 is 4.74 Å². The highest BCUT2D eigenvalue weighted by Gasteiger charge is 2.36. The van der Waals surface area contributed by atoms with E-state index in [2.05, 4.69) is 15.2 Å². The molecule has 1 unspecified atom stereocenters. The van der Waals surface area contributed by atoms with E-state index in [4.69, 9.17) is 4.74 Å². The smallest absolute Gasteiger partial charge is 0.261 e. The average molecular weight is 433 g/mol. The Morgan fingerprint density at radius 2 is 1.87 bits per heavy atom. The van der Waals surface area contributed by atoms with E-state index in [0.717, 1.165) is 11.1 Å². The summed E-state index contributed by atoms with van der Waals surface area (Å²) in [4.78, 5) is 19.9. The van der Waals surface area contributed by atoms with E-state index in [0.29, 0.717) is 28.0 Å². The second-order valence-corrected chi connectivity index (χ2v) is 8.09. The van der Waals surface area contributed by atoms with Crippen molar-refractivity contribution < 1.29 is 9.53 Å². The number of benzene rings is 2. The van der Waals surface area contributed by atoms with Crippen LogP contribution in [0.1, 0.15) is 22.1 Å². The molecule has 0 N–H and O–H groups in total. The van der Waals surface area contributed by atoms with Gasteiger partial charge in [0, 0.05) is 16.7 Å². The lowest BCUT2D eigenvalue weighted by Crippen LogP contribution is -2.37. The van der Waals surface area contributed by atoms with Crippen LogP contribution < -0.4 is 9.64 Å². The van der Waals surface area contributed by atoms with Crippen molar-refractivity contribution >= 4 is 34.7 Å².